The Balaban J connectivity index is 2.30. The van der Waals surface area contributed by atoms with Gasteiger partial charge < -0.3 is 0 Å². The third-order valence-corrected chi connectivity index (χ3v) is 2.14. The van der Waals surface area contributed by atoms with Gasteiger partial charge in [-0.1, -0.05) is 13.3 Å². The van der Waals surface area contributed by atoms with Crippen LogP contribution >= 0.6 is 0 Å². The quantitative estimate of drug-likeness (QED) is 0.536. The second kappa shape index (κ2) is 3.18. The normalized spacial score (nSPS) is 30.7. The van der Waals surface area contributed by atoms with Crippen molar-refractivity contribution >= 4 is 0 Å². The minimum atomic E-state index is 0.666. The smallest absolute Gasteiger partial charge is 0.0238 e. The van der Waals surface area contributed by atoms with Crippen molar-refractivity contribution in [2.24, 2.45) is 5.84 Å². The Bertz CT molecular complexity index is 83.0. The van der Waals surface area contributed by atoms with Crippen molar-refractivity contribution in [2.75, 3.05) is 6.54 Å². The zero-order chi connectivity index (χ0) is 6.69. The van der Waals surface area contributed by atoms with Crippen LogP contribution in [-0.2, 0) is 0 Å². The highest BCUT2D eigenvalue weighted by Gasteiger charge is 2.16. The first-order valence-electron chi connectivity index (χ1n) is 3.86. The predicted molar refractivity (Wildman–Crippen MR) is 38.8 cm³/mol. The van der Waals surface area contributed by atoms with E-state index < -0.39 is 0 Å². The molecule has 1 unspecified atom stereocenters. The first-order valence-corrected chi connectivity index (χ1v) is 3.86. The molecular formula is C7H16N2. The number of nitrogens with zero attached hydrogens (tertiary/aromatic N) is 1. The van der Waals surface area contributed by atoms with Gasteiger partial charge in [-0.3, -0.25) is 5.84 Å². The minimum absolute atomic E-state index is 0.666. The molecule has 0 spiro atoms. The van der Waals surface area contributed by atoms with E-state index in [4.69, 9.17) is 5.84 Å². The maximum absolute atomic E-state index is 5.72. The monoisotopic (exact) mass is 128 g/mol. The maximum atomic E-state index is 5.72. The van der Waals surface area contributed by atoms with Gasteiger partial charge in [-0.05, 0) is 19.3 Å². The summed E-state index contributed by atoms with van der Waals surface area (Å²) in [5.41, 5.74) is 0. The first-order chi connectivity index (χ1) is 4.34. The molecule has 1 saturated heterocycles. The molecule has 1 fully saturated rings. The molecule has 0 aliphatic carbocycles. The van der Waals surface area contributed by atoms with Gasteiger partial charge in [0.1, 0.15) is 0 Å². The molecule has 54 valence electrons. The number of hydrogen-bond acceptors (Lipinski definition) is 2. The summed E-state index contributed by atoms with van der Waals surface area (Å²) in [5, 5.41) is 1.99. The van der Waals surface area contributed by atoms with E-state index in [0.717, 1.165) is 6.54 Å². The van der Waals surface area contributed by atoms with Gasteiger partial charge in [0.25, 0.3) is 0 Å². The van der Waals surface area contributed by atoms with Gasteiger partial charge in [0.15, 0.2) is 0 Å². The fourth-order valence-corrected chi connectivity index (χ4v) is 1.46. The maximum Gasteiger partial charge on any atom is 0.0238 e. The van der Waals surface area contributed by atoms with Crippen LogP contribution in [0.4, 0.5) is 0 Å². The van der Waals surface area contributed by atoms with Crippen molar-refractivity contribution in [3.8, 4) is 0 Å². The highest BCUT2D eigenvalue weighted by atomic mass is 15.4. The lowest BCUT2D eigenvalue weighted by Gasteiger charge is -2.30. The summed E-state index contributed by atoms with van der Waals surface area (Å²) in [4.78, 5) is 0. The first kappa shape index (κ1) is 7.03. The Morgan fingerprint density at radius 1 is 1.56 bits per heavy atom. The number of hydrazine groups is 1. The summed E-state index contributed by atoms with van der Waals surface area (Å²) >= 11 is 0. The average molecular weight is 128 g/mol. The van der Waals surface area contributed by atoms with Crippen LogP contribution in [-0.4, -0.2) is 17.6 Å². The molecule has 2 heteroatoms. The van der Waals surface area contributed by atoms with Crippen LogP contribution in [0.5, 0.6) is 0 Å². The number of nitrogens with two attached hydrogens (primary N) is 1. The second-order valence-corrected chi connectivity index (χ2v) is 2.80. The molecule has 0 amide bonds. The Hall–Kier alpha value is -0.0800. The van der Waals surface area contributed by atoms with E-state index in [-0.39, 0.29) is 0 Å². The lowest BCUT2D eigenvalue weighted by molar-refractivity contribution is 0.146. The summed E-state index contributed by atoms with van der Waals surface area (Å²) in [6.07, 6.45) is 5.16. The third-order valence-electron chi connectivity index (χ3n) is 2.14. The lowest BCUT2D eigenvalue weighted by atomic mass is 10.0. The van der Waals surface area contributed by atoms with Gasteiger partial charge in [-0.15, -0.1) is 0 Å². The van der Waals surface area contributed by atoms with Crippen molar-refractivity contribution in [1.82, 2.24) is 5.01 Å². The Labute approximate surface area is 57.0 Å². The van der Waals surface area contributed by atoms with E-state index in [2.05, 4.69) is 6.92 Å². The fraction of sp³-hybridized carbons (Fsp3) is 1.00. The van der Waals surface area contributed by atoms with E-state index in [1.165, 1.54) is 25.7 Å². The van der Waals surface area contributed by atoms with E-state index >= 15 is 0 Å². The molecule has 1 aliphatic rings. The van der Waals surface area contributed by atoms with Gasteiger partial charge >= 0.3 is 0 Å². The van der Waals surface area contributed by atoms with Crippen LogP contribution in [0.3, 0.4) is 0 Å². The summed E-state index contributed by atoms with van der Waals surface area (Å²) < 4.78 is 0. The summed E-state index contributed by atoms with van der Waals surface area (Å²) in [6.45, 7) is 3.30. The van der Waals surface area contributed by atoms with Crippen LogP contribution in [0.2, 0.25) is 0 Å². The molecule has 0 saturated carbocycles. The zero-order valence-electron chi connectivity index (χ0n) is 6.14. The van der Waals surface area contributed by atoms with Crippen molar-refractivity contribution in [2.45, 2.75) is 38.6 Å². The van der Waals surface area contributed by atoms with Gasteiger partial charge in [0, 0.05) is 12.6 Å². The molecule has 2 N–H and O–H groups in total. The average Bonchev–Trinajstić information content (AvgIpc) is 1.89. The molecule has 0 aromatic carbocycles. The van der Waals surface area contributed by atoms with E-state index in [1.54, 1.807) is 0 Å². The molecule has 2 nitrogen and oxygen atoms in total. The second-order valence-electron chi connectivity index (χ2n) is 2.80. The molecule has 1 aliphatic heterocycles. The van der Waals surface area contributed by atoms with Crippen molar-refractivity contribution in [3.63, 3.8) is 0 Å². The lowest BCUT2D eigenvalue weighted by Crippen LogP contribution is -2.43. The third kappa shape index (κ3) is 1.66. The predicted octanol–water partition coefficient (Wildman–Crippen LogP) is 1.12. The minimum Gasteiger partial charge on any atom is -0.269 e. The Kier molecular flexibility index (Phi) is 2.49. The topological polar surface area (TPSA) is 29.3 Å². The van der Waals surface area contributed by atoms with Gasteiger partial charge in [0.05, 0.1) is 0 Å². The Morgan fingerprint density at radius 2 is 2.33 bits per heavy atom. The molecular weight excluding hydrogens is 112 g/mol. The van der Waals surface area contributed by atoms with Crippen molar-refractivity contribution < 1.29 is 0 Å². The van der Waals surface area contributed by atoms with E-state index in [0.29, 0.717) is 6.04 Å². The molecule has 1 atom stereocenters. The number of rotatable bonds is 1. The number of hydrogen-bond donors (Lipinski definition) is 1. The zero-order valence-corrected chi connectivity index (χ0v) is 6.14. The molecule has 0 aromatic rings. The molecule has 0 bridgehead atoms. The van der Waals surface area contributed by atoms with Gasteiger partial charge in [-0.25, -0.2) is 5.01 Å². The molecule has 1 heterocycles. The highest BCUT2D eigenvalue weighted by molar-refractivity contribution is 4.70. The Morgan fingerprint density at radius 3 is 2.78 bits per heavy atom. The summed E-state index contributed by atoms with van der Waals surface area (Å²) in [5.74, 6) is 5.72. The fourth-order valence-electron chi connectivity index (χ4n) is 1.46. The SMILES string of the molecule is CCC1CCCCN1N. The molecule has 0 aromatic heterocycles. The molecule has 1 rings (SSSR count). The highest BCUT2D eigenvalue weighted by Crippen LogP contribution is 2.15. The van der Waals surface area contributed by atoms with E-state index in [1.807, 2.05) is 5.01 Å². The van der Waals surface area contributed by atoms with E-state index in [9.17, 15) is 0 Å². The van der Waals surface area contributed by atoms with Crippen LogP contribution in [0, 0.1) is 0 Å². The largest absolute Gasteiger partial charge is 0.269 e. The standard InChI is InChI=1S/C7H16N2/c1-2-7-5-3-4-6-9(7)8/h7H,2-6,8H2,1H3. The summed E-state index contributed by atoms with van der Waals surface area (Å²) in [6, 6.07) is 0.666. The summed E-state index contributed by atoms with van der Waals surface area (Å²) in [7, 11) is 0. The van der Waals surface area contributed by atoms with Crippen molar-refractivity contribution in [3.05, 3.63) is 0 Å². The van der Waals surface area contributed by atoms with Crippen LogP contribution in [0.25, 0.3) is 0 Å². The number of piperidine rings is 1. The van der Waals surface area contributed by atoms with Gasteiger partial charge in [0.2, 0.25) is 0 Å². The van der Waals surface area contributed by atoms with Crippen LogP contribution in [0.15, 0.2) is 0 Å². The van der Waals surface area contributed by atoms with Crippen LogP contribution in [0.1, 0.15) is 32.6 Å². The van der Waals surface area contributed by atoms with Crippen LogP contribution < -0.4 is 5.84 Å². The molecule has 9 heavy (non-hydrogen) atoms. The molecule has 0 radical (unpaired) electrons. The van der Waals surface area contributed by atoms with Crippen molar-refractivity contribution in [1.29, 1.82) is 0 Å². The van der Waals surface area contributed by atoms with Gasteiger partial charge in [-0.2, -0.15) is 0 Å².